The molecule has 0 saturated heterocycles. The quantitative estimate of drug-likeness (QED) is 0.237. The molecule has 0 aliphatic carbocycles. The molecule has 0 radical (unpaired) electrons. The maximum atomic E-state index is 13.8. The first kappa shape index (κ1) is 24.5. The zero-order valence-corrected chi connectivity index (χ0v) is 17.0. The summed E-state index contributed by atoms with van der Waals surface area (Å²) in [5.74, 6) is -12.6. The maximum absolute atomic E-state index is 13.8. The van der Waals surface area contributed by atoms with Crippen LogP contribution in [0.1, 0.15) is 50.4 Å². The molecule has 0 unspecified atom stereocenters. The van der Waals surface area contributed by atoms with E-state index < -0.39 is 49.4 Å². The lowest BCUT2D eigenvalue weighted by Gasteiger charge is -2.29. The van der Waals surface area contributed by atoms with Gasteiger partial charge in [-0.1, -0.05) is 20.8 Å². The van der Waals surface area contributed by atoms with Gasteiger partial charge >= 0.3 is 8.80 Å². The topological polar surface area (TPSA) is 56.8 Å². The minimum Gasteiger partial charge on any atom is -0.372 e. The molecule has 0 aromatic heterocycles. The van der Waals surface area contributed by atoms with E-state index in [4.69, 9.17) is 13.3 Å². The van der Waals surface area contributed by atoms with Crippen LogP contribution in [0.4, 0.5) is 22.0 Å². The maximum Gasteiger partial charge on any atom is 0.521 e. The molecule has 28 heavy (non-hydrogen) atoms. The molecular formula is C17H24F5NO4Si. The Morgan fingerprint density at radius 1 is 0.750 bits per heavy atom. The fourth-order valence-electron chi connectivity index (χ4n) is 2.13. The highest BCUT2D eigenvalue weighted by atomic mass is 28.4. The summed E-state index contributed by atoms with van der Waals surface area (Å²) in [6.07, 6.45) is 1.47. The summed E-state index contributed by atoms with van der Waals surface area (Å²) in [5.41, 5.74) is -1.57. The van der Waals surface area contributed by atoms with Crippen LogP contribution in [0.25, 0.3) is 0 Å². The lowest BCUT2D eigenvalue weighted by atomic mass is 10.1. The van der Waals surface area contributed by atoms with Crippen molar-refractivity contribution in [1.82, 2.24) is 5.32 Å². The van der Waals surface area contributed by atoms with Crippen LogP contribution in [0.5, 0.6) is 0 Å². The van der Waals surface area contributed by atoms with Gasteiger partial charge in [-0.2, -0.15) is 0 Å². The number of carbonyl (C=O) groups is 1. The Balaban J connectivity index is 3.10. The molecule has 11 heteroatoms. The molecule has 1 aromatic rings. The lowest BCUT2D eigenvalue weighted by Crippen LogP contribution is -2.56. The van der Waals surface area contributed by atoms with Crippen LogP contribution in [-0.4, -0.2) is 40.7 Å². The zero-order valence-electron chi connectivity index (χ0n) is 16.0. The molecule has 1 N–H and O–H groups in total. The lowest BCUT2D eigenvalue weighted by molar-refractivity contribution is 0.0564. The number of hydrogen-bond acceptors (Lipinski definition) is 4. The van der Waals surface area contributed by atoms with Gasteiger partial charge in [-0.05, 0) is 19.3 Å². The van der Waals surface area contributed by atoms with E-state index >= 15 is 0 Å². The van der Waals surface area contributed by atoms with E-state index in [1.807, 2.05) is 20.8 Å². The van der Waals surface area contributed by atoms with Gasteiger partial charge in [0.2, 0.25) is 5.82 Å². The fourth-order valence-corrected chi connectivity index (χ4v) is 4.61. The highest BCUT2D eigenvalue weighted by molar-refractivity contribution is 6.61. The molecule has 0 fully saturated rings. The van der Waals surface area contributed by atoms with Crippen molar-refractivity contribution < 1.29 is 40.0 Å². The van der Waals surface area contributed by atoms with Gasteiger partial charge in [0.1, 0.15) is 5.56 Å². The van der Waals surface area contributed by atoms with Gasteiger partial charge in [0.05, 0.1) is 6.17 Å². The number of amides is 1. The Morgan fingerprint density at radius 2 is 1.11 bits per heavy atom. The van der Waals surface area contributed by atoms with Gasteiger partial charge in [0.25, 0.3) is 5.91 Å². The van der Waals surface area contributed by atoms with E-state index in [-0.39, 0.29) is 26.0 Å². The molecular weight excluding hydrogens is 405 g/mol. The molecule has 1 amide bonds. The predicted octanol–water partition coefficient (Wildman–Crippen LogP) is 3.87. The highest BCUT2D eigenvalue weighted by Gasteiger charge is 2.42. The summed E-state index contributed by atoms with van der Waals surface area (Å²) in [6.45, 7) is 6.26. The first-order chi connectivity index (χ1) is 13.2. The van der Waals surface area contributed by atoms with E-state index in [1.165, 1.54) is 0 Å². The van der Waals surface area contributed by atoms with Crippen LogP contribution in [0.3, 0.4) is 0 Å². The number of rotatable bonds is 12. The Kier molecular flexibility index (Phi) is 10.0. The van der Waals surface area contributed by atoms with Crippen LogP contribution in [0.2, 0.25) is 0 Å². The Bertz CT molecular complexity index is 627. The monoisotopic (exact) mass is 429 g/mol. The standard InChI is InChI=1S/C17H24F5NO4Si/c1-4-7-25-28(26-8-5-2,27-9-6-3)10-23-17(24)11-12(18)14(20)16(22)15(21)13(11)19/h4-10H2,1-3H3,(H,23,24). The number of halogens is 5. The molecule has 0 bridgehead atoms. The van der Waals surface area contributed by atoms with Crippen molar-refractivity contribution in [3.05, 3.63) is 34.6 Å². The molecule has 0 atom stereocenters. The van der Waals surface area contributed by atoms with Crippen LogP contribution in [0.15, 0.2) is 0 Å². The highest BCUT2D eigenvalue weighted by Crippen LogP contribution is 2.23. The van der Waals surface area contributed by atoms with Gasteiger partial charge in [-0.15, -0.1) is 0 Å². The molecule has 0 aliphatic heterocycles. The van der Waals surface area contributed by atoms with E-state index in [2.05, 4.69) is 5.32 Å². The third-order valence-electron chi connectivity index (χ3n) is 3.48. The zero-order chi connectivity index (χ0) is 21.3. The number of nitrogens with one attached hydrogen (secondary N) is 1. The van der Waals surface area contributed by atoms with Gasteiger partial charge in [0, 0.05) is 19.8 Å². The predicted molar refractivity (Wildman–Crippen MR) is 93.0 cm³/mol. The molecule has 0 heterocycles. The van der Waals surface area contributed by atoms with Gasteiger partial charge < -0.3 is 18.6 Å². The van der Waals surface area contributed by atoms with Crippen molar-refractivity contribution >= 4 is 14.7 Å². The van der Waals surface area contributed by atoms with Gasteiger partial charge in [-0.25, -0.2) is 22.0 Å². The summed E-state index contributed by atoms with van der Waals surface area (Å²) < 4.78 is 84.5. The molecule has 0 spiro atoms. The normalized spacial score (nSPS) is 11.7. The SMILES string of the molecule is CCCO[Si](CNC(=O)c1c(F)c(F)c(F)c(F)c1F)(OCCC)OCCC. The summed E-state index contributed by atoms with van der Waals surface area (Å²) in [4.78, 5) is 12.2. The Hall–Kier alpha value is -1.56. The second-order valence-corrected chi connectivity index (χ2v) is 8.44. The molecule has 1 aromatic carbocycles. The fraction of sp³-hybridized carbons (Fsp3) is 0.588. The summed E-state index contributed by atoms with van der Waals surface area (Å²) >= 11 is 0. The van der Waals surface area contributed by atoms with Crippen molar-refractivity contribution in [2.24, 2.45) is 0 Å². The van der Waals surface area contributed by atoms with E-state index in [1.54, 1.807) is 0 Å². The Morgan fingerprint density at radius 3 is 1.46 bits per heavy atom. The minimum atomic E-state index is -3.47. The molecule has 160 valence electrons. The number of benzene rings is 1. The molecule has 0 saturated carbocycles. The van der Waals surface area contributed by atoms with E-state index in [0.717, 1.165) is 0 Å². The largest absolute Gasteiger partial charge is 0.521 e. The second-order valence-electron chi connectivity index (χ2n) is 5.86. The second kappa shape index (κ2) is 11.4. The molecule has 0 aliphatic rings. The van der Waals surface area contributed by atoms with E-state index in [9.17, 15) is 26.7 Å². The minimum absolute atomic E-state index is 0.248. The third kappa shape index (κ3) is 5.97. The summed E-state index contributed by atoms with van der Waals surface area (Å²) in [6, 6.07) is 0. The van der Waals surface area contributed by atoms with E-state index in [0.29, 0.717) is 19.3 Å². The van der Waals surface area contributed by atoms with Gasteiger partial charge in [0.15, 0.2) is 23.3 Å². The van der Waals surface area contributed by atoms with Crippen molar-refractivity contribution in [1.29, 1.82) is 0 Å². The molecule has 5 nitrogen and oxygen atoms in total. The summed E-state index contributed by atoms with van der Waals surface area (Å²) in [5, 5.41) is 2.13. The molecule has 1 rings (SSSR count). The van der Waals surface area contributed by atoms with Crippen molar-refractivity contribution in [2.75, 3.05) is 26.0 Å². The number of carbonyl (C=O) groups excluding carboxylic acids is 1. The van der Waals surface area contributed by atoms with Crippen LogP contribution < -0.4 is 5.32 Å². The number of hydrogen-bond donors (Lipinski definition) is 1. The van der Waals surface area contributed by atoms with Crippen molar-refractivity contribution in [2.45, 2.75) is 40.0 Å². The smallest absolute Gasteiger partial charge is 0.372 e. The van der Waals surface area contributed by atoms with Crippen LogP contribution >= 0.6 is 0 Å². The average molecular weight is 429 g/mol. The summed E-state index contributed by atoms with van der Waals surface area (Å²) in [7, 11) is -3.47. The Labute approximate surface area is 161 Å². The third-order valence-corrected chi connectivity index (χ3v) is 6.02. The average Bonchev–Trinajstić information content (AvgIpc) is 2.69. The van der Waals surface area contributed by atoms with Gasteiger partial charge in [-0.3, -0.25) is 4.79 Å². The first-order valence-corrected chi connectivity index (χ1v) is 10.9. The van der Waals surface area contributed by atoms with Crippen LogP contribution in [-0.2, 0) is 13.3 Å². The van der Waals surface area contributed by atoms with Crippen molar-refractivity contribution in [3.63, 3.8) is 0 Å². The first-order valence-electron chi connectivity index (χ1n) is 8.96. The van der Waals surface area contributed by atoms with Crippen molar-refractivity contribution in [3.8, 4) is 0 Å². The van der Waals surface area contributed by atoms with Crippen LogP contribution in [0, 0.1) is 29.1 Å².